The number of carbonyl (C=O) groups is 2. The molecule has 1 aliphatic heterocycles. The molecule has 2 amide bonds. The smallest absolute Gasteiger partial charge is 0.325 e. The Bertz CT molecular complexity index is 475. The first-order valence-corrected chi connectivity index (χ1v) is 5.20. The molecule has 2 N–H and O–H groups in total. The van der Waals surface area contributed by atoms with E-state index in [4.69, 9.17) is 9.47 Å². The van der Waals surface area contributed by atoms with Gasteiger partial charge >= 0.3 is 12.0 Å². The van der Waals surface area contributed by atoms with Gasteiger partial charge in [-0.25, -0.2) is 4.79 Å². The zero-order chi connectivity index (χ0) is 13.0. The second kappa shape index (κ2) is 5.26. The number of rotatable bonds is 3. The van der Waals surface area contributed by atoms with Crippen molar-refractivity contribution in [2.75, 3.05) is 25.8 Å². The number of ether oxygens (including phenoxy) is 3. The summed E-state index contributed by atoms with van der Waals surface area (Å²) in [5.41, 5.74) is 0.543. The van der Waals surface area contributed by atoms with Gasteiger partial charge in [0.05, 0.1) is 7.11 Å². The molecule has 1 aromatic carbocycles. The van der Waals surface area contributed by atoms with E-state index in [2.05, 4.69) is 15.4 Å². The third-order valence-electron chi connectivity index (χ3n) is 2.25. The average molecular weight is 252 g/mol. The molecule has 0 spiro atoms. The first kappa shape index (κ1) is 12.0. The molecule has 1 heterocycles. The van der Waals surface area contributed by atoms with Gasteiger partial charge in [-0.1, -0.05) is 0 Å². The van der Waals surface area contributed by atoms with Gasteiger partial charge in [-0.05, 0) is 12.1 Å². The second-order valence-electron chi connectivity index (χ2n) is 3.45. The molecule has 0 atom stereocenters. The highest BCUT2D eigenvalue weighted by Crippen LogP contribution is 2.34. The molecule has 0 saturated heterocycles. The summed E-state index contributed by atoms with van der Waals surface area (Å²) in [7, 11) is 1.25. The van der Waals surface area contributed by atoms with Gasteiger partial charge in [0.15, 0.2) is 11.5 Å². The van der Waals surface area contributed by atoms with Gasteiger partial charge in [0.2, 0.25) is 6.79 Å². The van der Waals surface area contributed by atoms with Crippen LogP contribution < -0.4 is 20.1 Å². The molecule has 0 aromatic heterocycles. The number of hydrogen-bond donors (Lipinski definition) is 2. The zero-order valence-corrected chi connectivity index (χ0v) is 9.69. The van der Waals surface area contributed by atoms with Crippen LogP contribution in [0.5, 0.6) is 11.5 Å². The molecule has 0 bridgehead atoms. The van der Waals surface area contributed by atoms with Crippen molar-refractivity contribution in [3.8, 4) is 11.5 Å². The Morgan fingerprint density at radius 2 is 2.11 bits per heavy atom. The molecule has 7 heteroatoms. The van der Waals surface area contributed by atoms with Gasteiger partial charge in [-0.2, -0.15) is 0 Å². The predicted molar refractivity (Wildman–Crippen MR) is 61.6 cm³/mol. The van der Waals surface area contributed by atoms with Crippen LogP contribution in [-0.2, 0) is 9.53 Å². The predicted octanol–water partition coefficient (Wildman–Crippen LogP) is 0.710. The molecule has 1 aliphatic rings. The number of benzene rings is 1. The molecule has 0 fully saturated rings. The maximum atomic E-state index is 11.4. The highest BCUT2D eigenvalue weighted by molar-refractivity contribution is 5.91. The Balaban J connectivity index is 1.89. The van der Waals surface area contributed by atoms with Crippen LogP contribution in [0, 0.1) is 0 Å². The van der Waals surface area contributed by atoms with Crippen molar-refractivity contribution >= 4 is 17.7 Å². The minimum atomic E-state index is -0.518. The number of nitrogens with one attached hydrogen (secondary N) is 2. The van der Waals surface area contributed by atoms with Crippen LogP contribution in [0.25, 0.3) is 0 Å². The van der Waals surface area contributed by atoms with Crippen molar-refractivity contribution in [1.82, 2.24) is 5.32 Å². The fourth-order valence-corrected chi connectivity index (χ4v) is 1.37. The van der Waals surface area contributed by atoms with Crippen LogP contribution in [0.3, 0.4) is 0 Å². The van der Waals surface area contributed by atoms with Gasteiger partial charge in [-0.15, -0.1) is 0 Å². The molecule has 0 unspecified atom stereocenters. The highest BCUT2D eigenvalue weighted by atomic mass is 16.7. The van der Waals surface area contributed by atoms with Crippen molar-refractivity contribution in [2.24, 2.45) is 0 Å². The quantitative estimate of drug-likeness (QED) is 0.774. The minimum Gasteiger partial charge on any atom is -0.468 e. The summed E-state index contributed by atoms with van der Waals surface area (Å²) in [6.07, 6.45) is 0. The Hall–Kier alpha value is -2.44. The van der Waals surface area contributed by atoms with Crippen molar-refractivity contribution in [3.05, 3.63) is 18.2 Å². The molecular weight excluding hydrogens is 240 g/mol. The number of methoxy groups -OCH3 is 1. The Kier molecular flexibility index (Phi) is 3.52. The van der Waals surface area contributed by atoms with E-state index in [-0.39, 0.29) is 13.3 Å². The first-order chi connectivity index (χ1) is 8.69. The summed E-state index contributed by atoms with van der Waals surface area (Å²) in [5, 5.41) is 4.91. The zero-order valence-electron chi connectivity index (χ0n) is 9.69. The van der Waals surface area contributed by atoms with Crippen molar-refractivity contribution < 1.29 is 23.8 Å². The average Bonchev–Trinajstić information content (AvgIpc) is 2.83. The molecular formula is C11H12N2O5. The van der Waals surface area contributed by atoms with Gasteiger partial charge in [0, 0.05) is 11.8 Å². The molecule has 7 nitrogen and oxygen atoms in total. The molecule has 0 aliphatic carbocycles. The largest absolute Gasteiger partial charge is 0.468 e. The Labute approximate surface area is 103 Å². The van der Waals surface area contributed by atoms with Crippen LogP contribution in [0.1, 0.15) is 0 Å². The highest BCUT2D eigenvalue weighted by Gasteiger charge is 2.14. The third-order valence-corrected chi connectivity index (χ3v) is 2.25. The normalized spacial score (nSPS) is 11.8. The van der Waals surface area contributed by atoms with Gasteiger partial charge in [0.25, 0.3) is 0 Å². The summed E-state index contributed by atoms with van der Waals surface area (Å²) < 4.78 is 14.7. The maximum absolute atomic E-state index is 11.4. The van der Waals surface area contributed by atoms with Crippen LogP contribution in [-0.4, -0.2) is 32.4 Å². The number of esters is 1. The summed E-state index contributed by atoms with van der Waals surface area (Å²) in [6.45, 7) is -0.0137. The van der Waals surface area contributed by atoms with E-state index in [1.807, 2.05) is 0 Å². The minimum absolute atomic E-state index is 0.174. The van der Waals surface area contributed by atoms with Gasteiger partial charge < -0.3 is 24.8 Å². The van der Waals surface area contributed by atoms with Gasteiger partial charge in [-0.3, -0.25) is 4.79 Å². The molecule has 96 valence electrons. The summed E-state index contributed by atoms with van der Waals surface area (Å²) in [4.78, 5) is 22.3. The standard InChI is InChI=1S/C11H12N2O5/c1-16-10(14)5-12-11(15)13-7-2-3-8-9(4-7)18-6-17-8/h2-4H,5-6H2,1H3,(H2,12,13,15). The lowest BCUT2D eigenvalue weighted by molar-refractivity contribution is -0.139. The SMILES string of the molecule is COC(=O)CNC(=O)Nc1ccc2c(c1)OCO2. The van der Waals surface area contributed by atoms with Crippen LogP contribution >= 0.6 is 0 Å². The van der Waals surface area contributed by atoms with E-state index in [1.54, 1.807) is 18.2 Å². The van der Waals surface area contributed by atoms with Gasteiger partial charge in [0.1, 0.15) is 6.54 Å². The lowest BCUT2D eigenvalue weighted by atomic mass is 10.3. The van der Waals surface area contributed by atoms with E-state index in [9.17, 15) is 9.59 Å². The molecule has 1 aromatic rings. The number of anilines is 1. The Morgan fingerprint density at radius 1 is 1.33 bits per heavy atom. The van der Waals surface area contributed by atoms with E-state index in [0.29, 0.717) is 17.2 Å². The van der Waals surface area contributed by atoms with Crippen LogP contribution in [0.4, 0.5) is 10.5 Å². The fraction of sp³-hybridized carbons (Fsp3) is 0.273. The van der Waals surface area contributed by atoms with E-state index in [1.165, 1.54) is 7.11 Å². The molecule has 2 rings (SSSR count). The number of hydrogen-bond acceptors (Lipinski definition) is 5. The fourth-order valence-electron chi connectivity index (χ4n) is 1.37. The number of fused-ring (bicyclic) bond motifs is 1. The summed E-state index contributed by atoms with van der Waals surface area (Å²) in [6, 6.07) is 4.50. The lowest BCUT2D eigenvalue weighted by Crippen LogP contribution is -2.33. The van der Waals surface area contributed by atoms with Crippen LogP contribution in [0.2, 0.25) is 0 Å². The Morgan fingerprint density at radius 3 is 2.89 bits per heavy atom. The number of amides is 2. The molecule has 0 radical (unpaired) electrons. The second-order valence-corrected chi connectivity index (χ2v) is 3.45. The van der Waals surface area contributed by atoms with E-state index >= 15 is 0 Å². The lowest BCUT2D eigenvalue weighted by Gasteiger charge is -2.07. The van der Waals surface area contributed by atoms with E-state index in [0.717, 1.165) is 0 Å². The number of urea groups is 1. The van der Waals surface area contributed by atoms with E-state index < -0.39 is 12.0 Å². The maximum Gasteiger partial charge on any atom is 0.325 e. The van der Waals surface area contributed by atoms with Crippen molar-refractivity contribution in [3.63, 3.8) is 0 Å². The summed E-state index contributed by atoms with van der Waals surface area (Å²) >= 11 is 0. The van der Waals surface area contributed by atoms with Crippen molar-refractivity contribution in [1.29, 1.82) is 0 Å². The molecule has 18 heavy (non-hydrogen) atoms. The van der Waals surface area contributed by atoms with Crippen molar-refractivity contribution in [2.45, 2.75) is 0 Å². The summed E-state index contributed by atoms with van der Waals surface area (Å²) in [5.74, 6) is 0.687. The number of carbonyl (C=O) groups excluding carboxylic acids is 2. The first-order valence-electron chi connectivity index (χ1n) is 5.20. The molecule has 0 saturated carbocycles. The topological polar surface area (TPSA) is 85.9 Å². The third kappa shape index (κ3) is 2.82. The van der Waals surface area contributed by atoms with Crippen LogP contribution in [0.15, 0.2) is 18.2 Å². The monoisotopic (exact) mass is 252 g/mol.